The average molecular weight is 284 g/mol. The van der Waals surface area contributed by atoms with E-state index in [0.717, 1.165) is 18.4 Å². The fourth-order valence-electron chi connectivity index (χ4n) is 1.94. The molecule has 0 heterocycles. The number of phenols is 1. The van der Waals surface area contributed by atoms with Crippen LogP contribution in [-0.4, -0.2) is 23.4 Å². The molecule has 0 unspecified atom stereocenters. The van der Waals surface area contributed by atoms with Gasteiger partial charge in [-0.1, -0.05) is 26.0 Å². The van der Waals surface area contributed by atoms with Gasteiger partial charge in [-0.05, 0) is 30.5 Å². The van der Waals surface area contributed by atoms with Gasteiger partial charge in [-0.15, -0.1) is 11.6 Å². The summed E-state index contributed by atoms with van der Waals surface area (Å²) in [5.74, 6) is 0.691. The van der Waals surface area contributed by atoms with Crippen LogP contribution >= 0.6 is 11.6 Å². The highest BCUT2D eigenvalue weighted by Crippen LogP contribution is 2.26. The molecule has 0 spiro atoms. The molecule has 0 fully saturated rings. The Hall–Kier alpha value is -1.22. The van der Waals surface area contributed by atoms with Crippen LogP contribution in [0.5, 0.6) is 5.75 Å². The third-order valence-electron chi connectivity index (χ3n) is 3.72. The molecule has 1 aromatic carbocycles. The second kappa shape index (κ2) is 7.39. The maximum Gasteiger partial charge on any atom is 0.224 e. The molecule has 0 saturated carbocycles. The number of phenolic OH excluding ortho intramolecular Hbond substituents is 1. The first-order valence-corrected chi connectivity index (χ1v) is 7.19. The molecule has 0 aliphatic rings. The third kappa shape index (κ3) is 4.75. The van der Waals surface area contributed by atoms with Gasteiger partial charge in [0.2, 0.25) is 5.91 Å². The lowest BCUT2D eigenvalue weighted by atomic mass is 9.84. The van der Waals surface area contributed by atoms with Gasteiger partial charge in [0, 0.05) is 17.8 Å². The number of amides is 1. The molecular formula is C15H22ClNO2. The van der Waals surface area contributed by atoms with Crippen molar-refractivity contribution in [2.75, 3.05) is 12.4 Å². The second-order valence-corrected chi connectivity index (χ2v) is 5.23. The number of carbonyl (C=O) groups is 1. The quantitative estimate of drug-likeness (QED) is 0.756. The zero-order chi connectivity index (χ0) is 14.3. The maximum absolute atomic E-state index is 11.9. The van der Waals surface area contributed by atoms with E-state index in [1.165, 1.54) is 0 Å². The number of hydrogen-bond donors (Lipinski definition) is 2. The highest BCUT2D eigenvalue weighted by atomic mass is 35.5. The number of halogens is 1. The van der Waals surface area contributed by atoms with Gasteiger partial charge in [-0.2, -0.15) is 0 Å². The van der Waals surface area contributed by atoms with Crippen LogP contribution in [0.4, 0.5) is 0 Å². The van der Waals surface area contributed by atoms with Gasteiger partial charge in [-0.3, -0.25) is 4.79 Å². The van der Waals surface area contributed by atoms with Gasteiger partial charge < -0.3 is 10.4 Å². The Morgan fingerprint density at radius 3 is 2.58 bits per heavy atom. The molecule has 4 heteroatoms. The summed E-state index contributed by atoms with van der Waals surface area (Å²) in [5, 5.41) is 12.3. The maximum atomic E-state index is 11.9. The van der Waals surface area contributed by atoms with Crippen LogP contribution in [0, 0.1) is 5.41 Å². The fourth-order valence-corrected chi connectivity index (χ4v) is 2.41. The van der Waals surface area contributed by atoms with E-state index < -0.39 is 0 Å². The van der Waals surface area contributed by atoms with Crippen LogP contribution in [0.25, 0.3) is 0 Å². The molecule has 106 valence electrons. The van der Waals surface area contributed by atoms with Crippen molar-refractivity contribution in [2.45, 2.75) is 33.1 Å². The number of nitrogens with one attached hydrogen (secondary N) is 1. The summed E-state index contributed by atoms with van der Waals surface area (Å²) in [7, 11) is 0. The zero-order valence-corrected chi connectivity index (χ0v) is 12.3. The van der Waals surface area contributed by atoms with Crippen molar-refractivity contribution in [3.05, 3.63) is 29.8 Å². The van der Waals surface area contributed by atoms with Crippen molar-refractivity contribution in [3.8, 4) is 5.75 Å². The molecule has 1 amide bonds. The smallest absolute Gasteiger partial charge is 0.224 e. The third-order valence-corrected chi connectivity index (χ3v) is 4.29. The van der Waals surface area contributed by atoms with Crippen LogP contribution in [0.1, 0.15) is 32.3 Å². The summed E-state index contributed by atoms with van der Waals surface area (Å²) in [6.07, 6.45) is 2.17. The lowest BCUT2D eigenvalue weighted by molar-refractivity contribution is -0.120. The van der Waals surface area contributed by atoms with Crippen molar-refractivity contribution >= 4 is 17.5 Å². The number of rotatable bonds is 7. The predicted molar refractivity (Wildman–Crippen MR) is 78.6 cm³/mol. The molecule has 2 N–H and O–H groups in total. The predicted octanol–water partition coefficient (Wildman–Crippen LogP) is 3.10. The van der Waals surface area contributed by atoms with E-state index in [9.17, 15) is 9.90 Å². The van der Waals surface area contributed by atoms with E-state index in [-0.39, 0.29) is 23.5 Å². The normalized spacial score (nSPS) is 11.3. The monoisotopic (exact) mass is 283 g/mol. The van der Waals surface area contributed by atoms with Gasteiger partial charge >= 0.3 is 0 Å². The minimum Gasteiger partial charge on any atom is -0.508 e. The minimum atomic E-state index is -0.0398. The molecule has 0 aliphatic heterocycles. The topological polar surface area (TPSA) is 49.3 Å². The van der Waals surface area contributed by atoms with E-state index in [1.54, 1.807) is 18.2 Å². The van der Waals surface area contributed by atoms with Crippen molar-refractivity contribution in [1.82, 2.24) is 5.32 Å². The zero-order valence-electron chi connectivity index (χ0n) is 11.6. The van der Waals surface area contributed by atoms with E-state index in [0.29, 0.717) is 12.4 Å². The fraction of sp³-hybridized carbons (Fsp3) is 0.533. The lowest BCUT2D eigenvalue weighted by Gasteiger charge is -2.29. The molecule has 0 aromatic heterocycles. The summed E-state index contributed by atoms with van der Waals surface area (Å²) < 4.78 is 0. The Morgan fingerprint density at radius 1 is 1.37 bits per heavy atom. The van der Waals surface area contributed by atoms with Crippen LogP contribution in [0.2, 0.25) is 0 Å². The molecule has 0 saturated heterocycles. The Labute approximate surface area is 120 Å². The summed E-state index contributed by atoms with van der Waals surface area (Å²) in [6.45, 7) is 4.78. The van der Waals surface area contributed by atoms with E-state index in [2.05, 4.69) is 19.2 Å². The van der Waals surface area contributed by atoms with Crippen LogP contribution in [-0.2, 0) is 11.2 Å². The molecular weight excluding hydrogens is 262 g/mol. The first-order chi connectivity index (χ1) is 9.05. The summed E-state index contributed by atoms with van der Waals surface area (Å²) >= 11 is 6.00. The summed E-state index contributed by atoms with van der Waals surface area (Å²) in [4.78, 5) is 11.9. The standard InChI is InChI=1S/C15H22ClNO2/c1-3-15(4-2,10-16)11-17-14(19)9-12-6-5-7-13(18)8-12/h5-8,18H,3-4,9-11H2,1-2H3,(H,17,19). The van der Waals surface area contributed by atoms with E-state index in [1.807, 2.05) is 6.07 Å². The molecule has 0 aliphatic carbocycles. The molecule has 0 radical (unpaired) electrons. The Morgan fingerprint density at radius 2 is 2.05 bits per heavy atom. The second-order valence-electron chi connectivity index (χ2n) is 4.96. The number of benzene rings is 1. The first kappa shape index (κ1) is 15.8. The SMILES string of the molecule is CCC(CC)(CCl)CNC(=O)Cc1cccc(O)c1. The van der Waals surface area contributed by atoms with Gasteiger partial charge in [0.15, 0.2) is 0 Å². The Bertz CT molecular complexity index is 408. The van der Waals surface area contributed by atoms with E-state index >= 15 is 0 Å². The van der Waals surface area contributed by atoms with Crippen LogP contribution < -0.4 is 5.32 Å². The molecule has 1 rings (SSSR count). The summed E-state index contributed by atoms with van der Waals surface area (Å²) in [6, 6.07) is 6.76. The number of aromatic hydroxyl groups is 1. The van der Waals surface area contributed by atoms with Crippen molar-refractivity contribution in [1.29, 1.82) is 0 Å². The first-order valence-electron chi connectivity index (χ1n) is 6.66. The van der Waals surface area contributed by atoms with Crippen LogP contribution in [0.15, 0.2) is 24.3 Å². The molecule has 1 aromatic rings. The average Bonchev–Trinajstić information content (AvgIpc) is 2.41. The van der Waals surface area contributed by atoms with Crippen molar-refractivity contribution in [3.63, 3.8) is 0 Å². The Balaban J connectivity index is 2.52. The van der Waals surface area contributed by atoms with E-state index in [4.69, 9.17) is 11.6 Å². The molecule has 19 heavy (non-hydrogen) atoms. The van der Waals surface area contributed by atoms with Crippen molar-refractivity contribution in [2.24, 2.45) is 5.41 Å². The minimum absolute atomic E-state index is 0.0178. The number of alkyl halides is 1. The highest BCUT2D eigenvalue weighted by molar-refractivity contribution is 6.18. The van der Waals surface area contributed by atoms with Crippen LogP contribution in [0.3, 0.4) is 0 Å². The molecule has 0 atom stereocenters. The highest BCUT2D eigenvalue weighted by Gasteiger charge is 2.25. The van der Waals surface area contributed by atoms with Gasteiger partial charge in [-0.25, -0.2) is 0 Å². The number of hydrogen-bond acceptors (Lipinski definition) is 2. The number of carbonyl (C=O) groups excluding carboxylic acids is 1. The van der Waals surface area contributed by atoms with Gasteiger partial charge in [0.05, 0.1) is 6.42 Å². The van der Waals surface area contributed by atoms with Gasteiger partial charge in [0.1, 0.15) is 5.75 Å². The Kier molecular flexibility index (Phi) is 6.16. The largest absolute Gasteiger partial charge is 0.508 e. The molecule has 3 nitrogen and oxygen atoms in total. The molecule has 0 bridgehead atoms. The van der Waals surface area contributed by atoms with Crippen molar-refractivity contribution < 1.29 is 9.90 Å². The lowest BCUT2D eigenvalue weighted by Crippen LogP contribution is -2.38. The summed E-state index contributed by atoms with van der Waals surface area (Å²) in [5.41, 5.74) is 0.790. The van der Waals surface area contributed by atoms with Gasteiger partial charge in [0.25, 0.3) is 0 Å².